The average Bonchev–Trinajstić information content (AvgIpc) is 3.11. The van der Waals surface area contributed by atoms with Crippen LogP contribution >= 0.6 is 11.3 Å². The van der Waals surface area contributed by atoms with Crippen LogP contribution in [0.5, 0.6) is 0 Å². The second-order valence-electron chi connectivity index (χ2n) is 6.28. The zero-order valence-corrected chi connectivity index (χ0v) is 13.3. The average molecular weight is 317 g/mol. The highest BCUT2D eigenvalue weighted by atomic mass is 32.1. The number of benzene rings is 1. The molecule has 5 heteroatoms. The second kappa shape index (κ2) is 5.63. The van der Waals surface area contributed by atoms with Crippen LogP contribution in [0.25, 0.3) is 0 Å². The SMILES string of the molecule is Fc1ccccc1C1(NC2CCN(c3nccs3)CC2)CC1. The summed E-state index contributed by atoms with van der Waals surface area (Å²) in [6.45, 7) is 2.05. The van der Waals surface area contributed by atoms with Crippen LogP contribution in [0.2, 0.25) is 0 Å². The predicted octanol–water partition coefficient (Wildman–Crippen LogP) is 3.53. The maximum Gasteiger partial charge on any atom is 0.185 e. The monoisotopic (exact) mass is 317 g/mol. The summed E-state index contributed by atoms with van der Waals surface area (Å²) in [6.07, 6.45) is 6.13. The molecular formula is C17H20FN3S. The summed E-state index contributed by atoms with van der Waals surface area (Å²) in [5.74, 6) is -0.0762. The zero-order chi connectivity index (χ0) is 15.0. The first-order valence-corrected chi connectivity index (χ1v) is 8.82. The van der Waals surface area contributed by atoms with E-state index in [1.54, 1.807) is 23.5 Å². The molecule has 116 valence electrons. The molecule has 0 amide bonds. The molecule has 0 bridgehead atoms. The molecule has 22 heavy (non-hydrogen) atoms. The number of rotatable bonds is 4. The van der Waals surface area contributed by atoms with E-state index in [-0.39, 0.29) is 11.4 Å². The van der Waals surface area contributed by atoms with E-state index in [1.807, 2.05) is 23.7 Å². The molecule has 1 aromatic carbocycles. The Morgan fingerprint density at radius 3 is 2.64 bits per heavy atom. The first-order chi connectivity index (χ1) is 10.8. The molecular weight excluding hydrogens is 297 g/mol. The van der Waals surface area contributed by atoms with E-state index < -0.39 is 0 Å². The summed E-state index contributed by atoms with van der Waals surface area (Å²) in [7, 11) is 0. The minimum Gasteiger partial charge on any atom is -0.348 e. The molecule has 1 N–H and O–H groups in total. The Labute approximate surface area is 134 Å². The van der Waals surface area contributed by atoms with Crippen LogP contribution in [0.4, 0.5) is 9.52 Å². The van der Waals surface area contributed by atoms with Crippen molar-refractivity contribution >= 4 is 16.5 Å². The van der Waals surface area contributed by atoms with E-state index in [0.717, 1.165) is 49.5 Å². The Balaban J connectivity index is 1.40. The number of anilines is 1. The molecule has 0 radical (unpaired) electrons. The third-order valence-electron chi connectivity index (χ3n) is 4.80. The van der Waals surface area contributed by atoms with E-state index in [0.29, 0.717) is 6.04 Å². The van der Waals surface area contributed by atoms with Crippen LogP contribution < -0.4 is 10.2 Å². The molecule has 0 atom stereocenters. The first-order valence-electron chi connectivity index (χ1n) is 7.94. The summed E-state index contributed by atoms with van der Waals surface area (Å²) in [5.41, 5.74) is 0.733. The highest BCUT2D eigenvalue weighted by Crippen LogP contribution is 2.47. The van der Waals surface area contributed by atoms with Gasteiger partial charge in [-0.1, -0.05) is 18.2 Å². The van der Waals surface area contributed by atoms with Gasteiger partial charge in [0.1, 0.15) is 5.82 Å². The maximum absolute atomic E-state index is 14.1. The van der Waals surface area contributed by atoms with E-state index in [9.17, 15) is 4.39 Å². The predicted molar refractivity (Wildman–Crippen MR) is 87.8 cm³/mol. The summed E-state index contributed by atoms with van der Waals surface area (Å²) in [6, 6.07) is 7.67. The second-order valence-corrected chi connectivity index (χ2v) is 7.16. The Bertz CT molecular complexity index is 631. The van der Waals surface area contributed by atoms with Crippen LogP contribution in [0.1, 0.15) is 31.2 Å². The van der Waals surface area contributed by atoms with Gasteiger partial charge in [-0.25, -0.2) is 9.37 Å². The number of halogens is 1. The first kappa shape index (κ1) is 14.2. The minimum atomic E-state index is -0.112. The van der Waals surface area contributed by atoms with E-state index in [4.69, 9.17) is 0 Å². The quantitative estimate of drug-likeness (QED) is 0.935. The van der Waals surface area contributed by atoms with Gasteiger partial charge in [-0.05, 0) is 31.7 Å². The molecule has 0 spiro atoms. The van der Waals surface area contributed by atoms with Gasteiger partial charge < -0.3 is 10.2 Å². The lowest BCUT2D eigenvalue weighted by molar-refractivity contribution is 0.351. The lowest BCUT2D eigenvalue weighted by Gasteiger charge is -2.35. The zero-order valence-electron chi connectivity index (χ0n) is 12.5. The van der Waals surface area contributed by atoms with Gasteiger partial charge in [-0.2, -0.15) is 0 Å². The molecule has 1 aliphatic carbocycles. The van der Waals surface area contributed by atoms with Crippen molar-refractivity contribution in [1.82, 2.24) is 10.3 Å². The summed E-state index contributed by atoms with van der Waals surface area (Å²) in [5, 5.41) is 6.89. The van der Waals surface area contributed by atoms with Gasteiger partial charge in [0, 0.05) is 41.8 Å². The molecule has 3 nitrogen and oxygen atoms in total. The highest BCUT2D eigenvalue weighted by molar-refractivity contribution is 7.13. The molecule has 2 heterocycles. The maximum atomic E-state index is 14.1. The third kappa shape index (κ3) is 2.63. The Hall–Kier alpha value is -1.46. The highest BCUT2D eigenvalue weighted by Gasteiger charge is 2.47. The van der Waals surface area contributed by atoms with Crippen molar-refractivity contribution in [3.05, 3.63) is 47.2 Å². The molecule has 1 saturated heterocycles. The molecule has 1 aliphatic heterocycles. The fourth-order valence-corrected chi connectivity index (χ4v) is 4.14. The van der Waals surface area contributed by atoms with Crippen molar-refractivity contribution in [2.75, 3.05) is 18.0 Å². The number of nitrogens with one attached hydrogen (secondary N) is 1. The Kier molecular flexibility index (Phi) is 3.62. The van der Waals surface area contributed by atoms with Crippen LogP contribution in [0, 0.1) is 5.82 Å². The fraction of sp³-hybridized carbons (Fsp3) is 0.471. The molecule has 1 saturated carbocycles. The number of hydrogen-bond acceptors (Lipinski definition) is 4. The van der Waals surface area contributed by atoms with Crippen LogP contribution in [0.3, 0.4) is 0 Å². The van der Waals surface area contributed by atoms with E-state index in [1.165, 1.54) is 0 Å². The number of piperidine rings is 1. The standard InChI is InChI=1S/C17H20FN3S/c18-15-4-2-1-3-14(15)17(7-8-17)20-13-5-10-21(11-6-13)16-19-9-12-22-16/h1-4,9,12-13,20H,5-8,10-11H2. The van der Waals surface area contributed by atoms with Crippen molar-refractivity contribution in [3.63, 3.8) is 0 Å². The Morgan fingerprint density at radius 2 is 2.00 bits per heavy atom. The summed E-state index contributed by atoms with van der Waals surface area (Å²) in [4.78, 5) is 6.74. The Morgan fingerprint density at radius 1 is 1.23 bits per heavy atom. The number of aromatic nitrogens is 1. The smallest absolute Gasteiger partial charge is 0.185 e. The normalized spacial score (nSPS) is 21.0. The minimum absolute atomic E-state index is 0.0762. The largest absolute Gasteiger partial charge is 0.348 e. The number of thiazole rings is 1. The summed E-state index contributed by atoms with van der Waals surface area (Å²) >= 11 is 1.70. The van der Waals surface area contributed by atoms with E-state index in [2.05, 4.69) is 15.2 Å². The lowest BCUT2D eigenvalue weighted by Crippen LogP contribution is -2.46. The lowest BCUT2D eigenvalue weighted by atomic mass is 9.99. The number of nitrogens with zero attached hydrogens (tertiary/aromatic N) is 2. The fourth-order valence-electron chi connectivity index (χ4n) is 3.44. The van der Waals surface area contributed by atoms with Crippen LogP contribution in [0.15, 0.2) is 35.8 Å². The summed E-state index contributed by atoms with van der Waals surface area (Å²) < 4.78 is 14.1. The molecule has 0 unspecified atom stereocenters. The van der Waals surface area contributed by atoms with Crippen LogP contribution in [-0.4, -0.2) is 24.1 Å². The molecule has 2 aromatic rings. The van der Waals surface area contributed by atoms with E-state index >= 15 is 0 Å². The van der Waals surface area contributed by atoms with Crippen molar-refractivity contribution < 1.29 is 4.39 Å². The van der Waals surface area contributed by atoms with Gasteiger partial charge >= 0.3 is 0 Å². The van der Waals surface area contributed by atoms with Crippen molar-refractivity contribution in [3.8, 4) is 0 Å². The number of hydrogen-bond donors (Lipinski definition) is 1. The van der Waals surface area contributed by atoms with Gasteiger partial charge in [-0.3, -0.25) is 0 Å². The van der Waals surface area contributed by atoms with Gasteiger partial charge in [-0.15, -0.1) is 11.3 Å². The molecule has 4 rings (SSSR count). The van der Waals surface area contributed by atoms with Crippen molar-refractivity contribution in [1.29, 1.82) is 0 Å². The van der Waals surface area contributed by atoms with Crippen molar-refractivity contribution in [2.45, 2.75) is 37.3 Å². The van der Waals surface area contributed by atoms with Gasteiger partial charge in [0.25, 0.3) is 0 Å². The van der Waals surface area contributed by atoms with Crippen LogP contribution in [-0.2, 0) is 5.54 Å². The molecule has 2 aliphatic rings. The van der Waals surface area contributed by atoms with Crippen molar-refractivity contribution in [2.24, 2.45) is 0 Å². The van der Waals surface area contributed by atoms with Gasteiger partial charge in [0.05, 0.1) is 0 Å². The molecule has 1 aromatic heterocycles. The van der Waals surface area contributed by atoms with Gasteiger partial charge in [0.2, 0.25) is 0 Å². The molecule has 2 fully saturated rings. The third-order valence-corrected chi connectivity index (χ3v) is 5.64. The topological polar surface area (TPSA) is 28.2 Å². The van der Waals surface area contributed by atoms with Gasteiger partial charge in [0.15, 0.2) is 5.13 Å².